The zero-order valence-corrected chi connectivity index (χ0v) is 78.2. The van der Waals surface area contributed by atoms with Crippen LogP contribution in [0.4, 0.5) is 30.7 Å². The van der Waals surface area contributed by atoms with Crippen molar-refractivity contribution in [2.24, 2.45) is 0 Å². The van der Waals surface area contributed by atoms with Crippen LogP contribution >= 0.6 is 12.6 Å². The van der Waals surface area contributed by atoms with Crippen molar-refractivity contribution in [2.75, 3.05) is 6.26 Å². The molecule has 0 amide bonds. The zero-order valence-electron chi connectivity index (χ0n) is 76.5. The number of H-pyrrole nitrogens is 8. The molecule has 24 aromatic rings. The van der Waals surface area contributed by atoms with Crippen molar-refractivity contribution >= 4 is 111 Å². The van der Waals surface area contributed by atoms with Crippen molar-refractivity contribution in [3.05, 3.63) is 373 Å². The number of benzene rings is 8. The highest BCUT2D eigenvalue weighted by molar-refractivity contribution is 7.90. The number of aryl methyl sites for hydroxylation is 1. The fourth-order valence-electron chi connectivity index (χ4n) is 14.6. The van der Waals surface area contributed by atoms with Crippen LogP contribution in [-0.4, -0.2) is 156 Å². The van der Waals surface area contributed by atoms with Gasteiger partial charge >= 0.3 is 0 Å². The third-order valence-corrected chi connectivity index (χ3v) is 23.0. The number of halogens is 7. The second-order valence-corrected chi connectivity index (χ2v) is 34.4. The molecule has 0 atom stereocenters. The SMILES string of the molecule is CC(C)Oc1ccc2nc(-c3ccccn3)[nH]c2c1.CS(=O)(=O)c1ccc2nc(-c3ccccn3)[nH]c2c1.Cc1ccc2nc(-c3ccccn3)[nH]c2c1.Fc1cc2[nH]c(-c3ccccn3)nc2c(F)c1F.Fc1cc2nc(-c3ccccn3)[nH]c2cc1F.OCc1c(F)cc2[nH]c(-c3ccccn3)nc2c1F.OCc1cc2nc(-c3ccccn3)[nH]c2cc1CO.SCc1ccc2nc(-c3ccccn3)[nH]c2c1. The summed E-state index contributed by atoms with van der Waals surface area (Å²) in [6.07, 6.45) is 14.8. The van der Waals surface area contributed by atoms with Crippen LogP contribution in [0.3, 0.4) is 0 Å². The van der Waals surface area contributed by atoms with Crippen LogP contribution in [0.15, 0.2) is 309 Å². The number of ether oxygens (including phenoxy) is 1. The summed E-state index contributed by atoms with van der Waals surface area (Å²) in [4.78, 5) is 92.8. The van der Waals surface area contributed by atoms with Crippen LogP contribution in [0.5, 0.6) is 5.75 Å². The van der Waals surface area contributed by atoms with Crippen LogP contribution in [-0.2, 0) is 35.4 Å². The number of fused-ring (bicyclic) bond motifs is 8. The van der Waals surface area contributed by atoms with Crippen LogP contribution in [0, 0.1) is 47.6 Å². The molecule has 39 heteroatoms. The minimum Gasteiger partial charge on any atom is -0.491 e. The van der Waals surface area contributed by atoms with Crippen molar-refractivity contribution < 1.29 is 59.2 Å². The van der Waals surface area contributed by atoms with Gasteiger partial charge in [0.2, 0.25) is 0 Å². The molecule has 0 unspecified atom stereocenters. The van der Waals surface area contributed by atoms with Gasteiger partial charge in [-0.1, -0.05) is 60.7 Å². The van der Waals surface area contributed by atoms with Crippen molar-refractivity contribution in [1.82, 2.24) is 120 Å². The second-order valence-electron chi connectivity index (χ2n) is 32.1. The molecule has 0 saturated heterocycles. The third kappa shape index (κ3) is 23.3. The van der Waals surface area contributed by atoms with E-state index in [4.69, 9.17) is 9.84 Å². The number of hydrogen-bond acceptors (Lipinski definition) is 23. The second kappa shape index (κ2) is 44.6. The first-order chi connectivity index (χ1) is 69.9. The number of nitrogens with one attached hydrogen (secondary N) is 8. The van der Waals surface area contributed by atoms with E-state index in [1.54, 1.807) is 128 Å². The Hall–Kier alpha value is -17.8. The van der Waals surface area contributed by atoms with E-state index in [2.05, 4.69) is 157 Å². The Balaban J connectivity index is 0.000000113. The number of aliphatic hydroxyl groups excluding tert-OH is 3. The van der Waals surface area contributed by atoms with Gasteiger partial charge in [-0.2, -0.15) is 12.6 Å². The number of hydrogen-bond donors (Lipinski definition) is 12. The molecule has 144 heavy (non-hydrogen) atoms. The van der Waals surface area contributed by atoms with Gasteiger partial charge in [0, 0.05) is 91.9 Å². The number of aromatic nitrogens is 24. The van der Waals surface area contributed by atoms with Crippen LogP contribution < -0.4 is 4.74 Å². The van der Waals surface area contributed by atoms with Gasteiger partial charge < -0.3 is 59.9 Å². The summed E-state index contributed by atoms with van der Waals surface area (Å²) in [5.41, 5.74) is 18.8. The summed E-state index contributed by atoms with van der Waals surface area (Å²) < 4.78 is 122. The molecule has 16 heterocycles. The van der Waals surface area contributed by atoms with Gasteiger partial charge in [-0.3, -0.25) is 39.9 Å². The van der Waals surface area contributed by atoms with Gasteiger partial charge in [0.15, 0.2) is 91.3 Å². The average Bonchev–Trinajstić information content (AvgIpc) is 1.69. The topological polar surface area (TPSA) is 437 Å². The van der Waals surface area contributed by atoms with Crippen molar-refractivity contribution in [1.29, 1.82) is 0 Å². The number of nitrogens with zero attached hydrogens (tertiary/aromatic N) is 16. The number of aromatic amines is 8. The molecule has 0 spiro atoms. The molecule has 8 aromatic carbocycles. The molecule has 0 saturated carbocycles. The summed E-state index contributed by atoms with van der Waals surface area (Å²) in [7, 11) is -3.21. The van der Waals surface area contributed by atoms with Gasteiger partial charge in [-0.05, 0) is 207 Å². The number of sulfone groups is 1. The summed E-state index contributed by atoms with van der Waals surface area (Å²) in [6.45, 7) is 5.16. The molecule has 16 aromatic heterocycles. The molecular weight excluding hydrogens is 1890 g/mol. The minimum absolute atomic E-state index is 0.00824. The molecule has 24 rings (SSSR count). The van der Waals surface area contributed by atoms with Crippen LogP contribution in [0.1, 0.15) is 41.7 Å². The molecule has 0 bridgehead atoms. The lowest BCUT2D eigenvalue weighted by atomic mass is 10.1. The molecule has 0 fully saturated rings. The van der Waals surface area contributed by atoms with Crippen molar-refractivity contribution in [2.45, 2.75) is 57.3 Å². The molecular formula is C105H83F7N24O6S2. The summed E-state index contributed by atoms with van der Waals surface area (Å²) in [6, 6.07) is 74.9. The summed E-state index contributed by atoms with van der Waals surface area (Å²) >= 11 is 4.27. The molecule has 720 valence electrons. The lowest BCUT2D eigenvalue weighted by Crippen LogP contribution is -2.05. The smallest absolute Gasteiger partial charge is 0.196 e. The highest BCUT2D eigenvalue weighted by Gasteiger charge is 2.22. The number of thiol groups is 1. The molecule has 30 nitrogen and oxygen atoms in total. The van der Waals surface area contributed by atoms with Crippen LogP contribution in [0.25, 0.3) is 180 Å². The van der Waals surface area contributed by atoms with E-state index in [1.807, 2.05) is 147 Å². The number of imidazole rings is 8. The molecule has 11 N–H and O–H groups in total. The van der Waals surface area contributed by atoms with Crippen LogP contribution in [0.2, 0.25) is 0 Å². The van der Waals surface area contributed by atoms with Gasteiger partial charge in [-0.25, -0.2) is 79.0 Å². The van der Waals surface area contributed by atoms with Crippen molar-refractivity contribution in [3.8, 4) is 97.9 Å². The van der Waals surface area contributed by atoms with E-state index < -0.39 is 57.2 Å². The Morgan fingerprint density at radius 1 is 0.312 bits per heavy atom. The Bertz CT molecular complexity index is 8600. The highest BCUT2D eigenvalue weighted by Crippen LogP contribution is 2.32. The normalized spacial score (nSPS) is 11.1. The number of pyridine rings is 8. The summed E-state index contributed by atoms with van der Waals surface area (Å²) in [5, 5.41) is 27.5. The van der Waals surface area contributed by atoms with Gasteiger partial charge in [0.25, 0.3) is 0 Å². The quantitative estimate of drug-likeness (QED) is 0.0258. The maximum atomic E-state index is 14.0. The fourth-order valence-corrected chi connectivity index (χ4v) is 15.4. The van der Waals surface area contributed by atoms with E-state index >= 15 is 0 Å². The third-order valence-electron chi connectivity index (χ3n) is 21.5. The first-order valence-corrected chi connectivity index (χ1v) is 46.7. The van der Waals surface area contributed by atoms with Gasteiger partial charge in [0.05, 0.1) is 114 Å². The highest BCUT2D eigenvalue weighted by atomic mass is 32.2. The summed E-state index contributed by atoms with van der Waals surface area (Å²) in [5.74, 6) is -1.16. The van der Waals surface area contributed by atoms with Gasteiger partial charge in [0.1, 0.15) is 68.2 Å². The lowest BCUT2D eigenvalue weighted by Gasteiger charge is -2.08. The number of rotatable bonds is 15. The standard InChI is InChI=1S/C15H15N3O.C14H13N3O2.C13H9F2N3O.C13H11N3O2S.C13H11N3S.C13H11N3.C12H6F3N3.C12H7F2N3/c1-10(2)19-11-6-7-12-14(9-11)18-15(17-12)13-5-3-4-8-16-13;18-7-9-5-12-13(6-10(9)8-19)17-14(16-12)11-3-1-2-4-15-11;14-8-5-10-12(11(15)7(8)6-19)18-13(17-10)9-3-1-2-4-16-9;1-19(17,18)9-5-6-10-12(8-9)16-13(15-10)11-4-2-3-7-14-11;17-8-9-4-5-10-12(7-9)16-13(15-10)11-3-1-2-6-14-11;1-9-5-6-10-12(8-9)16-13(15-10)11-4-2-3-7-14-11;13-6-5-8-11(10(15)9(6)14)18-12(17-8)7-3-1-2-4-16-7;13-7-5-10-11(6-8(7)14)17-12(16-10)9-3-1-2-4-15-9/h3-10H,1-2H3,(H,17,18);1-6,18-19H,7-8H2,(H,16,17);1-5,19H,6H2,(H,17,18);2-8H,1H3,(H,15,16);1-7,17H,8H2,(H,15,16);2-8H,1H3,(H,15,16);1-5H,(H,17,18);1-6H,(H,16,17). The van der Waals surface area contributed by atoms with E-state index in [9.17, 15) is 49.4 Å². The Morgan fingerprint density at radius 3 is 1.02 bits per heavy atom. The van der Waals surface area contributed by atoms with E-state index in [0.717, 1.165) is 126 Å². The molecule has 0 aliphatic heterocycles. The van der Waals surface area contributed by atoms with Crippen molar-refractivity contribution in [3.63, 3.8) is 0 Å². The minimum atomic E-state index is -3.21. The maximum absolute atomic E-state index is 14.0. The van der Waals surface area contributed by atoms with E-state index in [1.165, 1.54) is 17.4 Å². The predicted octanol–water partition coefficient (Wildman–Crippen LogP) is 21.4. The maximum Gasteiger partial charge on any atom is 0.196 e. The Kier molecular flexibility index (Phi) is 30.3. The first kappa shape index (κ1) is 97.8. The monoisotopic (exact) mass is 1970 g/mol. The van der Waals surface area contributed by atoms with E-state index in [0.29, 0.717) is 73.6 Å². The van der Waals surface area contributed by atoms with E-state index in [-0.39, 0.29) is 57.7 Å². The first-order valence-electron chi connectivity index (χ1n) is 44.2. The fraction of sp³-hybridized carbons (Fsp3) is 0.0857. The predicted molar refractivity (Wildman–Crippen MR) is 538 cm³/mol. The molecule has 0 aliphatic rings. The van der Waals surface area contributed by atoms with Gasteiger partial charge in [-0.15, -0.1) is 0 Å². The lowest BCUT2D eigenvalue weighted by molar-refractivity contribution is 0.242. The molecule has 0 radical (unpaired) electrons. The average molecular weight is 1970 g/mol. The Labute approximate surface area is 819 Å². The zero-order chi connectivity index (χ0) is 100. The molecule has 0 aliphatic carbocycles. The largest absolute Gasteiger partial charge is 0.491 e. The Morgan fingerprint density at radius 2 is 0.632 bits per heavy atom. The number of aliphatic hydroxyl groups is 3.